The van der Waals surface area contributed by atoms with Gasteiger partial charge < -0.3 is 10.2 Å². The van der Waals surface area contributed by atoms with Crippen molar-refractivity contribution < 1.29 is 13.2 Å². The van der Waals surface area contributed by atoms with E-state index in [1.165, 1.54) is 0 Å². The summed E-state index contributed by atoms with van der Waals surface area (Å²) >= 11 is 0. The highest BCUT2D eigenvalue weighted by molar-refractivity contribution is 7.91. The molecule has 1 aliphatic rings. The molecule has 168 valence electrons. The van der Waals surface area contributed by atoms with Crippen LogP contribution in [0.15, 0.2) is 71.9 Å². The molecule has 1 fully saturated rings. The van der Waals surface area contributed by atoms with Crippen molar-refractivity contribution in [3.05, 3.63) is 72.6 Å². The van der Waals surface area contributed by atoms with E-state index in [0.29, 0.717) is 11.3 Å². The highest BCUT2D eigenvalue weighted by Crippen LogP contribution is 2.22. The second kappa shape index (κ2) is 9.56. The molecule has 0 unspecified atom stereocenters. The number of benzene rings is 2. The van der Waals surface area contributed by atoms with Crippen molar-refractivity contribution in [3.63, 3.8) is 0 Å². The van der Waals surface area contributed by atoms with E-state index in [0.717, 1.165) is 42.9 Å². The number of rotatable bonds is 7. The van der Waals surface area contributed by atoms with Crippen molar-refractivity contribution in [3.8, 4) is 5.69 Å². The Labute approximate surface area is 189 Å². The molecule has 0 saturated carbocycles. The fraction of sp³-hybridized carbons (Fsp3) is 0.333. The van der Waals surface area contributed by atoms with Crippen molar-refractivity contribution in [1.29, 1.82) is 0 Å². The number of piperidine rings is 1. The first-order chi connectivity index (χ1) is 15.4. The Hall–Kier alpha value is -3.13. The van der Waals surface area contributed by atoms with Crippen LogP contribution in [0.25, 0.3) is 5.69 Å². The summed E-state index contributed by atoms with van der Waals surface area (Å²) in [5, 5.41) is 7.49. The normalized spacial score (nSPS) is 15.0. The Morgan fingerprint density at radius 2 is 1.72 bits per heavy atom. The number of nitrogens with zero attached hydrogens (tertiary/aromatic N) is 3. The lowest BCUT2D eigenvalue weighted by atomic mass is 10.0. The summed E-state index contributed by atoms with van der Waals surface area (Å²) in [6.07, 6.45) is 5.63. The maximum atomic E-state index is 12.5. The SMILES string of the molecule is CCS(=O)(=O)c1ccc(N2CCC(NC(=O)Cc3cnn(-c4ccccc4)c3)CC2)cc1. The minimum absolute atomic E-state index is 0.00480. The lowest BCUT2D eigenvalue weighted by Crippen LogP contribution is -2.45. The van der Waals surface area contributed by atoms with Crippen LogP contribution in [0.2, 0.25) is 0 Å². The number of nitrogens with one attached hydrogen (secondary N) is 1. The Morgan fingerprint density at radius 3 is 2.38 bits per heavy atom. The summed E-state index contributed by atoms with van der Waals surface area (Å²) in [6, 6.07) is 17.0. The van der Waals surface area contributed by atoms with Crippen molar-refractivity contribution in [1.82, 2.24) is 15.1 Å². The number of carbonyl (C=O) groups is 1. The predicted octanol–water partition coefficient (Wildman–Crippen LogP) is 2.99. The summed E-state index contributed by atoms with van der Waals surface area (Å²) in [5.41, 5.74) is 2.86. The first-order valence-corrected chi connectivity index (χ1v) is 12.6. The molecule has 0 bridgehead atoms. The van der Waals surface area contributed by atoms with Crippen molar-refractivity contribution >= 4 is 21.4 Å². The van der Waals surface area contributed by atoms with Crippen molar-refractivity contribution in [2.75, 3.05) is 23.7 Å². The molecular formula is C24H28N4O3S. The molecule has 0 radical (unpaired) electrons. The second-order valence-corrected chi connectivity index (χ2v) is 10.3. The zero-order valence-corrected chi connectivity index (χ0v) is 19.0. The topological polar surface area (TPSA) is 84.3 Å². The van der Waals surface area contributed by atoms with Crippen LogP contribution in [0.5, 0.6) is 0 Å². The van der Waals surface area contributed by atoms with Gasteiger partial charge in [0.25, 0.3) is 0 Å². The van der Waals surface area contributed by atoms with Gasteiger partial charge in [-0.15, -0.1) is 0 Å². The molecule has 0 spiro atoms. The lowest BCUT2D eigenvalue weighted by Gasteiger charge is -2.34. The van der Waals surface area contributed by atoms with Gasteiger partial charge in [-0.05, 0) is 54.8 Å². The summed E-state index contributed by atoms with van der Waals surface area (Å²) < 4.78 is 25.7. The second-order valence-electron chi connectivity index (χ2n) is 8.03. The van der Waals surface area contributed by atoms with E-state index >= 15 is 0 Å². The van der Waals surface area contributed by atoms with Gasteiger partial charge in [-0.1, -0.05) is 25.1 Å². The molecular weight excluding hydrogens is 424 g/mol. The zero-order valence-electron chi connectivity index (χ0n) is 18.1. The van der Waals surface area contributed by atoms with Crippen LogP contribution in [0, 0.1) is 0 Å². The van der Waals surface area contributed by atoms with Gasteiger partial charge in [0.2, 0.25) is 5.91 Å². The minimum atomic E-state index is -3.18. The van der Waals surface area contributed by atoms with Crippen LogP contribution in [-0.2, 0) is 21.1 Å². The monoisotopic (exact) mass is 452 g/mol. The van der Waals surface area contributed by atoms with E-state index in [9.17, 15) is 13.2 Å². The number of anilines is 1. The predicted molar refractivity (Wildman–Crippen MR) is 125 cm³/mol. The summed E-state index contributed by atoms with van der Waals surface area (Å²) in [4.78, 5) is 15.1. The van der Waals surface area contributed by atoms with E-state index in [2.05, 4.69) is 15.3 Å². The third-order valence-electron chi connectivity index (χ3n) is 5.82. The minimum Gasteiger partial charge on any atom is -0.371 e. The van der Waals surface area contributed by atoms with Gasteiger partial charge in [-0.25, -0.2) is 13.1 Å². The maximum Gasteiger partial charge on any atom is 0.224 e. The maximum absolute atomic E-state index is 12.5. The van der Waals surface area contributed by atoms with Gasteiger partial charge in [0.15, 0.2) is 9.84 Å². The Morgan fingerprint density at radius 1 is 1.03 bits per heavy atom. The molecule has 3 aromatic rings. The molecule has 7 nitrogen and oxygen atoms in total. The van der Waals surface area contributed by atoms with Gasteiger partial charge in [-0.2, -0.15) is 5.10 Å². The van der Waals surface area contributed by atoms with E-state index in [-0.39, 0.29) is 17.7 Å². The Bertz CT molecular complexity index is 1150. The van der Waals surface area contributed by atoms with Gasteiger partial charge in [0.1, 0.15) is 0 Å². The quantitative estimate of drug-likeness (QED) is 0.596. The molecule has 0 aliphatic carbocycles. The van der Waals surface area contributed by atoms with Crippen molar-refractivity contribution in [2.45, 2.75) is 37.1 Å². The fourth-order valence-electron chi connectivity index (χ4n) is 3.95. The van der Waals surface area contributed by atoms with Crippen LogP contribution in [0.1, 0.15) is 25.3 Å². The molecule has 32 heavy (non-hydrogen) atoms. The van der Waals surface area contributed by atoms with E-state index < -0.39 is 9.84 Å². The van der Waals surface area contributed by atoms with Crippen LogP contribution in [0.4, 0.5) is 5.69 Å². The first kappa shape index (κ1) is 22.1. The Balaban J connectivity index is 1.27. The van der Waals surface area contributed by atoms with Gasteiger partial charge in [0.05, 0.1) is 29.0 Å². The highest BCUT2D eigenvalue weighted by atomic mass is 32.2. The molecule has 1 amide bonds. The molecule has 1 N–H and O–H groups in total. The summed E-state index contributed by atoms with van der Waals surface area (Å²) in [7, 11) is -3.18. The van der Waals surface area contributed by atoms with E-state index in [4.69, 9.17) is 0 Å². The van der Waals surface area contributed by atoms with Gasteiger partial charge in [-0.3, -0.25) is 4.79 Å². The molecule has 0 atom stereocenters. The van der Waals surface area contributed by atoms with E-state index in [1.54, 1.807) is 29.9 Å². The molecule has 1 saturated heterocycles. The number of carbonyl (C=O) groups excluding carboxylic acids is 1. The lowest BCUT2D eigenvalue weighted by molar-refractivity contribution is -0.121. The molecule has 4 rings (SSSR count). The van der Waals surface area contributed by atoms with Crippen LogP contribution in [0.3, 0.4) is 0 Å². The molecule has 1 aromatic heterocycles. The largest absolute Gasteiger partial charge is 0.371 e. The zero-order chi connectivity index (χ0) is 22.6. The van der Waals surface area contributed by atoms with E-state index in [1.807, 2.05) is 48.7 Å². The molecule has 2 aromatic carbocycles. The van der Waals surface area contributed by atoms with Crippen LogP contribution < -0.4 is 10.2 Å². The third-order valence-corrected chi connectivity index (χ3v) is 7.57. The standard InChI is InChI=1S/C24H28N4O3S/c1-2-32(30,31)23-10-8-21(9-11-23)27-14-12-20(13-15-27)26-24(29)16-19-17-25-28(18-19)22-6-4-3-5-7-22/h3-11,17-18,20H,2,12-16H2,1H3,(H,26,29). The third kappa shape index (κ3) is 5.19. The van der Waals surface area contributed by atoms with Gasteiger partial charge in [0, 0.05) is 31.0 Å². The average molecular weight is 453 g/mol. The number of aromatic nitrogens is 2. The number of hydrogen-bond donors (Lipinski definition) is 1. The van der Waals surface area contributed by atoms with Crippen LogP contribution in [-0.4, -0.2) is 49.0 Å². The van der Waals surface area contributed by atoms with Crippen molar-refractivity contribution in [2.24, 2.45) is 0 Å². The van der Waals surface area contributed by atoms with Gasteiger partial charge >= 0.3 is 0 Å². The number of para-hydroxylation sites is 1. The average Bonchev–Trinajstić information content (AvgIpc) is 3.28. The molecule has 8 heteroatoms. The summed E-state index contributed by atoms with van der Waals surface area (Å²) in [6.45, 7) is 3.28. The smallest absolute Gasteiger partial charge is 0.224 e. The number of sulfone groups is 1. The van der Waals surface area contributed by atoms with Crippen LogP contribution >= 0.6 is 0 Å². The molecule has 1 aliphatic heterocycles. The Kier molecular flexibility index (Phi) is 6.60. The highest BCUT2D eigenvalue weighted by Gasteiger charge is 2.22. The fourth-order valence-corrected chi connectivity index (χ4v) is 4.83. The summed E-state index contributed by atoms with van der Waals surface area (Å²) in [5.74, 6) is 0.106. The molecule has 2 heterocycles. The number of amides is 1. The number of hydrogen-bond acceptors (Lipinski definition) is 5. The first-order valence-electron chi connectivity index (χ1n) is 10.9.